The van der Waals surface area contributed by atoms with E-state index in [0.717, 1.165) is 10.4 Å². The summed E-state index contributed by atoms with van der Waals surface area (Å²) in [6.07, 6.45) is 1.57. The van der Waals surface area contributed by atoms with Crippen LogP contribution in [0.25, 0.3) is 10.2 Å². The number of Topliss-reactive ketones (excluding diaryl/α,β-unsaturated/α-hetero) is 1. The number of rotatable bonds is 6. The molecule has 148 valence electrons. The molecule has 1 aromatic carbocycles. The third kappa shape index (κ3) is 3.90. The van der Waals surface area contributed by atoms with Crippen LogP contribution in [0.2, 0.25) is 5.02 Å². The molecule has 0 bridgehead atoms. The predicted molar refractivity (Wildman–Crippen MR) is 118 cm³/mol. The van der Waals surface area contributed by atoms with Crippen molar-refractivity contribution in [3.8, 4) is 0 Å². The zero-order valence-electron chi connectivity index (χ0n) is 15.8. The van der Waals surface area contributed by atoms with E-state index in [0.29, 0.717) is 31.7 Å². The number of furan rings is 1. The highest BCUT2D eigenvalue weighted by Crippen LogP contribution is 2.29. The Morgan fingerprint density at radius 3 is 2.76 bits per heavy atom. The van der Waals surface area contributed by atoms with Gasteiger partial charge in [0, 0.05) is 10.4 Å². The Hall–Kier alpha value is -2.35. The molecule has 0 aliphatic rings. The number of fused-ring (bicyclic) bond motifs is 1. The fourth-order valence-corrected chi connectivity index (χ4v) is 5.21. The number of thiophene rings is 1. The third-order valence-corrected chi connectivity index (χ3v) is 7.06. The zero-order valence-corrected chi connectivity index (χ0v) is 18.2. The summed E-state index contributed by atoms with van der Waals surface area (Å²) in [6, 6.07) is 10.5. The van der Waals surface area contributed by atoms with Crippen molar-refractivity contribution >= 4 is 50.7 Å². The van der Waals surface area contributed by atoms with E-state index in [1.807, 2.05) is 19.9 Å². The highest BCUT2D eigenvalue weighted by Gasteiger charge is 2.19. The fourth-order valence-electron chi connectivity index (χ4n) is 3.01. The lowest BCUT2D eigenvalue weighted by Gasteiger charge is -2.11. The Morgan fingerprint density at radius 2 is 2.03 bits per heavy atom. The number of carbonyl (C=O) groups is 1. The minimum atomic E-state index is -0.124. The maximum Gasteiger partial charge on any atom is 0.263 e. The molecular formula is C21H17ClN2O3S2. The second kappa shape index (κ2) is 8.18. The van der Waals surface area contributed by atoms with Gasteiger partial charge in [-0.3, -0.25) is 14.2 Å². The zero-order chi connectivity index (χ0) is 20.5. The highest BCUT2D eigenvalue weighted by molar-refractivity contribution is 7.99. The third-order valence-electron chi connectivity index (χ3n) is 4.65. The number of hydrogen-bond donors (Lipinski definition) is 0. The van der Waals surface area contributed by atoms with Gasteiger partial charge in [-0.2, -0.15) is 0 Å². The average Bonchev–Trinajstić information content (AvgIpc) is 3.31. The molecule has 0 amide bonds. The number of carbonyl (C=O) groups excluding carboxylic acids is 1. The first-order valence-corrected chi connectivity index (χ1v) is 11.1. The number of aryl methyl sites for hydroxylation is 2. The van der Waals surface area contributed by atoms with Crippen LogP contribution in [0.1, 0.15) is 26.6 Å². The van der Waals surface area contributed by atoms with Gasteiger partial charge in [0.2, 0.25) is 0 Å². The first-order chi connectivity index (χ1) is 14.0. The van der Waals surface area contributed by atoms with Crippen molar-refractivity contribution in [3.05, 3.63) is 79.8 Å². The quantitative estimate of drug-likeness (QED) is 0.228. The van der Waals surface area contributed by atoms with Gasteiger partial charge in [-0.25, -0.2) is 4.98 Å². The van der Waals surface area contributed by atoms with Crippen LogP contribution < -0.4 is 5.56 Å². The predicted octanol–water partition coefficient (Wildman–Crippen LogP) is 5.34. The molecule has 0 unspecified atom stereocenters. The number of thioether (sulfide) groups is 1. The van der Waals surface area contributed by atoms with Crippen molar-refractivity contribution in [3.63, 3.8) is 0 Å². The molecule has 3 aromatic heterocycles. The summed E-state index contributed by atoms with van der Waals surface area (Å²) < 4.78 is 7.00. The van der Waals surface area contributed by atoms with Crippen LogP contribution in [0.4, 0.5) is 0 Å². The maximum absolute atomic E-state index is 13.2. The van der Waals surface area contributed by atoms with Crippen LogP contribution in [0.5, 0.6) is 0 Å². The Labute approximate surface area is 180 Å². The van der Waals surface area contributed by atoms with Gasteiger partial charge in [0.05, 0.1) is 29.0 Å². The number of nitrogens with zero attached hydrogens (tertiary/aromatic N) is 2. The highest BCUT2D eigenvalue weighted by atomic mass is 35.5. The SMILES string of the molecule is Cc1sc2nc(SCC(=O)c3ccccc3Cl)n(Cc3ccco3)c(=O)c2c1C. The van der Waals surface area contributed by atoms with Crippen molar-refractivity contribution in [1.29, 1.82) is 0 Å². The van der Waals surface area contributed by atoms with Gasteiger partial charge in [-0.1, -0.05) is 35.5 Å². The van der Waals surface area contributed by atoms with Gasteiger partial charge in [-0.15, -0.1) is 11.3 Å². The number of ketones is 1. The van der Waals surface area contributed by atoms with Gasteiger partial charge in [0.15, 0.2) is 10.9 Å². The molecule has 0 atom stereocenters. The van der Waals surface area contributed by atoms with Crippen LogP contribution >= 0.6 is 34.7 Å². The van der Waals surface area contributed by atoms with Gasteiger partial charge >= 0.3 is 0 Å². The molecule has 0 radical (unpaired) electrons. The summed E-state index contributed by atoms with van der Waals surface area (Å²) in [5, 5.41) is 1.53. The van der Waals surface area contributed by atoms with Crippen LogP contribution in [-0.2, 0) is 6.54 Å². The molecule has 0 spiro atoms. The Kier molecular flexibility index (Phi) is 5.63. The molecule has 3 heterocycles. The standard InChI is InChI=1S/C21H17ClN2O3S2/c1-12-13(2)29-19-18(12)20(26)24(10-14-6-5-9-27-14)21(23-19)28-11-17(25)15-7-3-4-8-16(15)22/h3-9H,10-11H2,1-2H3. The average molecular weight is 445 g/mol. The van der Waals surface area contributed by atoms with E-state index in [2.05, 4.69) is 0 Å². The second-order valence-electron chi connectivity index (χ2n) is 6.52. The van der Waals surface area contributed by atoms with E-state index < -0.39 is 0 Å². The van der Waals surface area contributed by atoms with Crippen LogP contribution in [0, 0.1) is 13.8 Å². The van der Waals surface area contributed by atoms with Crippen molar-refractivity contribution in [2.24, 2.45) is 0 Å². The summed E-state index contributed by atoms with van der Waals surface area (Å²) in [5.41, 5.74) is 1.28. The summed E-state index contributed by atoms with van der Waals surface area (Å²) in [4.78, 5) is 32.3. The first kappa shape index (κ1) is 19.9. The first-order valence-electron chi connectivity index (χ1n) is 8.89. The lowest BCUT2D eigenvalue weighted by Crippen LogP contribution is -2.24. The van der Waals surface area contributed by atoms with Gasteiger partial charge in [0.1, 0.15) is 10.6 Å². The number of benzene rings is 1. The lowest BCUT2D eigenvalue weighted by molar-refractivity contribution is 0.102. The van der Waals surface area contributed by atoms with Gasteiger partial charge in [0.25, 0.3) is 5.56 Å². The number of aromatic nitrogens is 2. The molecule has 4 rings (SSSR count). The normalized spacial score (nSPS) is 11.3. The summed E-state index contributed by atoms with van der Waals surface area (Å²) in [6.45, 7) is 4.17. The Bertz CT molecular complexity index is 1260. The molecule has 0 fully saturated rings. The van der Waals surface area contributed by atoms with Crippen molar-refractivity contribution < 1.29 is 9.21 Å². The van der Waals surface area contributed by atoms with Crippen LogP contribution in [0.15, 0.2) is 57.0 Å². The minimum absolute atomic E-state index is 0.113. The Morgan fingerprint density at radius 1 is 1.24 bits per heavy atom. The van der Waals surface area contributed by atoms with E-state index in [1.54, 1.807) is 41.2 Å². The smallest absolute Gasteiger partial charge is 0.263 e. The van der Waals surface area contributed by atoms with E-state index in [1.165, 1.54) is 23.1 Å². The van der Waals surface area contributed by atoms with E-state index in [4.69, 9.17) is 21.0 Å². The van der Waals surface area contributed by atoms with Crippen molar-refractivity contribution in [2.75, 3.05) is 5.75 Å². The van der Waals surface area contributed by atoms with Crippen molar-refractivity contribution in [2.45, 2.75) is 25.5 Å². The summed E-state index contributed by atoms with van der Waals surface area (Å²) in [7, 11) is 0. The minimum Gasteiger partial charge on any atom is -0.467 e. The molecule has 5 nitrogen and oxygen atoms in total. The topological polar surface area (TPSA) is 65.1 Å². The Balaban J connectivity index is 1.73. The van der Waals surface area contributed by atoms with Crippen LogP contribution in [-0.4, -0.2) is 21.1 Å². The van der Waals surface area contributed by atoms with Gasteiger partial charge in [-0.05, 0) is 43.7 Å². The molecule has 0 saturated heterocycles. The van der Waals surface area contributed by atoms with E-state index in [9.17, 15) is 9.59 Å². The molecule has 29 heavy (non-hydrogen) atoms. The summed E-state index contributed by atoms with van der Waals surface area (Å²) in [5.74, 6) is 0.665. The molecule has 0 aliphatic carbocycles. The molecule has 4 aromatic rings. The molecular weight excluding hydrogens is 428 g/mol. The van der Waals surface area contributed by atoms with Crippen LogP contribution in [0.3, 0.4) is 0 Å². The molecule has 8 heteroatoms. The summed E-state index contributed by atoms with van der Waals surface area (Å²) >= 11 is 8.86. The number of halogens is 1. The largest absolute Gasteiger partial charge is 0.467 e. The maximum atomic E-state index is 13.2. The molecule has 0 N–H and O–H groups in total. The second-order valence-corrected chi connectivity index (χ2v) is 9.07. The van der Waals surface area contributed by atoms with E-state index >= 15 is 0 Å². The van der Waals surface area contributed by atoms with E-state index in [-0.39, 0.29) is 23.6 Å². The fraction of sp³-hybridized carbons (Fsp3) is 0.190. The van der Waals surface area contributed by atoms with Gasteiger partial charge < -0.3 is 4.42 Å². The number of hydrogen-bond acceptors (Lipinski definition) is 6. The van der Waals surface area contributed by atoms with Crippen molar-refractivity contribution in [1.82, 2.24) is 9.55 Å². The molecule has 0 saturated carbocycles. The molecule has 0 aliphatic heterocycles. The lowest BCUT2D eigenvalue weighted by atomic mass is 10.1. The monoisotopic (exact) mass is 444 g/mol.